The zero-order valence-corrected chi connectivity index (χ0v) is 10.6. The van der Waals surface area contributed by atoms with E-state index < -0.39 is 0 Å². The van der Waals surface area contributed by atoms with Crippen LogP contribution < -0.4 is 0 Å². The minimum absolute atomic E-state index is 0.267. The molecule has 0 fully saturated rings. The second kappa shape index (κ2) is 5.50. The number of allylic oxidation sites excluding steroid dienone is 1. The van der Waals surface area contributed by atoms with Gasteiger partial charge in [-0.15, -0.1) is 0 Å². The Morgan fingerprint density at radius 3 is 2.61 bits per heavy atom. The van der Waals surface area contributed by atoms with Crippen molar-refractivity contribution in [2.45, 2.75) is 13.8 Å². The Hall–Kier alpha value is -2.09. The third-order valence-corrected chi connectivity index (χ3v) is 2.86. The van der Waals surface area contributed by atoms with Crippen LogP contribution in [0.1, 0.15) is 19.4 Å². The van der Waals surface area contributed by atoms with Gasteiger partial charge in [0.2, 0.25) is 0 Å². The van der Waals surface area contributed by atoms with Gasteiger partial charge in [-0.2, -0.15) is 0 Å². The summed E-state index contributed by atoms with van der Waals surface area (Å²) in [5.74, 6) is -0.267. The molecule has 2 aromatic rings. The van der Waals surface area contributed by atoms with Crippen molar-refractivity contribution >= 4 is 22.3 Å². The second-order valence-electron chi connectivity index (χ2n) is 3.95. The summed E-state index contributed by atoms with van der Waals surface area (Å²) in [5.41, 5.74) is 1.54. The first kappa shape index (κ1) is 12.4. The summed E-state index contributed by atoms with van der Waals surface area (Å²) < 4.78 is 5.09. The van der Waals surface area contributed by atoms with Gasteiger partial charge in [0, 0.05) is 0 Å². The van der Waals surface area contributed by atoms with E-state index in [1.54, 1.807) is 6.08 Å². The molecular weight excluding hydrogens is 224 g/mol. The quantitative estimate of drug-likeness (QED) is 0.602. The average molecular weight is 240 g/mol. The van der Waals surface area contributed by atoms with Crippen molar-refractivity contribution in [3.63, 3.8) is 0 Å². The number of hydrogen-bond donors (Lipinski definition) is 0. The van der Waals surface area contributed by atoms with Crippen molar-refractivity contribution in [1.29, 1.82) is 0 Å². The fourth-order valence-electron chi connectivity index (χ4n) is 2.05. The molecule has 0 aliphatic rings. The molecule has 2 aromatic carbocycles. The maximum atomic E-state index is 11.9. The van der Waals surface area contributed by atoms with Crippen LogP contribution in [-0.4, -0.2) is 12.6 Å². The molecule has 0 unspecified atom stereocenters. The molecule has 2 nitrogen and oxygen atoms in total. The Morgan fingerprint density at radius 2 is 1.89 bits per heavy atom. The zero-order valence-electron chi connectivity index (χ0n) is 10.6. The maximum Gasteiger partial charge on any atom is 0.338 e. The normalized spacial score (nSPS) is 11.6. The molecule has 0 aromatic heterocycles. The van der Waals surface area contributed by atoms with Gasteiger partial charge in [-0.25, -0.2) is 4.79 Å². The average Bonchev–Trinajstić information content (AvgIpc) is 2.40. The Bertz CT molecular complexity index is 592. The molecule has 0 aliphatic carbocycles. The molecule has 0 aliphatic heterocycles. The van der Waals surface area contributed by atoms with E-state index in [1.807, 2.05) is 56.3 Å². The lowest BCUT2D eigenvalue weighted by molar-refractivity contribution is -0.136. The number of fused-ring (bicyclic) bond motifs is 1. The van der Waals surface area contributed by atoms with Gasteiger partial charge >= 0.3 is 5.97 Å². The van der Waals surface area contributed by atoms with Gasteiger partial charge in [-0.3, -0.25) is 0 Å². The van der Waals surface area contributed by atoms with E-state index in [2.05, 4.69) is 0 Å². The smallest absolute Gasteiger partial charge is 0.338 e. The molecule has 0 atom stereocenters. The van der Waals surface area contributed by atoms with E-state index >= 15 is 0 Å². The van der Waals surface area contributed by atoms with Gasteiger partial charge in [-0.1, -0.05) is 48.5 Å². The van der Waals surface area contributed by atoms with Crippen LogP contribution in [0.2, 0.25) is 0 Å². The predicted octanol–water partition coefficient (Wildman–Crippen LogP) is 3.81. The first-order chi connectivity index (χ1) is 8.77. The molecule has 0 radical (unpaired) electrons. The Kier molecular flexibility index (Phi) is 3.78. The summed E-state index contributed by atoms with van der Waals surface area (Å²) in [6, 6.07) is 14.0. The molecule has 2 rings (SSSR count). The van der Waals surface area contributed by atoms with Crippen LogP contribution in [0, 0.1) is 0 Å². The molecule has 2 heteroatoms. The molecule has 92 valence electrons. The fraction of sp³-hybridized carbons (Fsp3) is 0.188. The largest absolute Gasteiger partial charge is 0.462 e. The van der Waals surface area contributed by atoms with Gasteiger partial charge in [0.25, 0.3) is 0 Å². The summed E-state index contributed by atoms with van der Waals surface area (Å²) in [6.45, 7) is 4.06. The van der Waals surface area contributed by atoms with Gasteiger partial charge in [-0.05, 0) is 30.2 Å². The highest BCUT2D eigenvalue weighted by Crippen LogP contribution is 2.25. The number of carbonyl (C=O) groups is 1. The summed E-state index contributed by atoms with van der Waals surface area (Å²) in [7, 11) is 0. The molecule has 18 heavy (non-hydrogen) atoms. The Labute approximate surface area is 107 Å². The van der Waals surface area contributed by atoms with E-state index in [-0.39, 0.29) is 5.97 Å². The van der Waals surface area contributed by atoms with Crippen LogP contribution in [0.3, 0.4) is 0 Å². The van der Waals surface area contributed by atoms with Crippen molar-refractivity contribution in [3.8, 4) is 0 Å². The summed E-state index contributed by atoms with van der Waals surface area (Å²) >= 11 is 0. The van der Waals surface area contributed by atoms with E-state index in [1.165, 1.54) is 0 Å². The molecular formula is C16H16O2. The van der Waals surface area contributed by atoms with E-state index in [4.69, 9.17) is 4.74 Å². The van der Waals surface area contributed by atoms with Crippen LogP contribution >= 0.6 is 0 Å². The molecule has 0 bridgehead atoms. The molecule has 0 amide bonds. The van der Waals surface area contributed by atoms with Crippen LogP contribution in [0.5, 0.6) is 0 Å². The highest BCUT2D eigenvalue weighted by atomic mass is 16.5. The van der Waals surface area contributed by atoms with Gasteiger partial charge in [0.15, 0.2) is 0 Å². The van der Waals surface area contributed by atoms with Crippen LogP contribution in [0.25, 0.3) is 16.3 Å². The van der Waals surface area contributed by atoms with Crippen molar-refractivity contribution in [2.75, 3.05) is 6.61 Å². The van der Waals surface area contributed by atoms with Crippen molar-refractivity contribution in [2.24, 2.45) is 0 Å². The van der Waals surface area contributed by atoms with Gasteiger partial charge in [0.1, 0.15) is 0 Å². The summed E-state index contributed by atoms with van der Waals surface area (Å²) in [6.07, 6.45) is 1.81. The van der Waals surface area contributed by atoms with E-state index in [0.717, 1.165) is 16.3 Å². The van der Waals surface area contributed by atoms with Crippen molar-refractivity contribution in [1.82, 2.24) is 0 Å². The minimum atomic E-state index is -0.267. The van der Waals surface area contributed by atoms with Crippen molar-refractivity contribution < 1.29 is 9.53 Å². The van der Waals surface area contributed by atoms with E-state index in [0.29, 0.717) is 12.2 Å². The maximum absolute atomic E-state index is 11.9. The topological polar surface area (TPSA) is 26.3 Å². The van der Waals surface area contributed by atoms with Crippen molar-refractivity contribution in [3.05, 3.63) is 54.1 Å². The third-order valence-electron chi connectivity index (χ3n) is 2.86. The Morgan fingerprint density at radius 1 is 1.17 bits per heavy atom. The van der Waals surface area contributed by atoms with Gasteiger partial charge < -0.3 is 4.74 Å². The predicted molar refractivity (Wildman–Crippen MR) is 74.2 cm³/mol. The highest BCUT2D eigenvalue weighted by molar-refractivity contribution is 6.20. The molecule has 0 heterocycles. The number of carbonyl (C=O) groups excluding carboxylic acids is 1. The molecule has 0 N–H and O–H groups in total. The number of rotatable bonds is 3. The van der Waals surface area contributed by atoms with Gasteiger partial charge in [0.05, 0.1) is 12.2 Å². The molecule has 0 spiro atoms. The lowest BCUT2D eigenvalue weighted by atomic mass is 9.98. The van der Waals surface area contributed by atoms with Crippen LogP contribution in [-0.2, 0) is 9.53 Å². The number of ether oxygens (including phenoxy) is 1. The summed E-state index contributed by atoms with van der Waals surface area (Å²) in [4.78, 5) is 11.9. The lowest BCUT2D eigenvalue weighted by Crippen LogP contribution is -2.07. The fourth-order valence-corrected chi connectivity index (χ4v) is 2.05. The second-order valence-corrected chi connectivity index (χ2v) is 3.95. The lowest BCUT2D eigenvalue weighted by Gasteiger charge is -2.09. The number of hydrogen-bond acceptors (Lipinski definition) is 2. The van der Waals surface area contributed by atoms with Crippen LogP contribution in [0.15, 0.2) is 48.5 Å². The SMILES string of the molecule is CC=C(C(=O)OCC)c1cccc2ccccc12. The first-order valence-electron chi connectivity index (χ1n) is 6.09. The van der Waals surface area contributed by atoms with Crippen LogP contribution in [0.4, 0.5) is 0 Å². The molecule has 0 saturated carbocycles. The highest BCUT2D eigenvalue weighted by Gasteiger charge is 2.14. The standard InChI is InChI=1S/C16H16O2/c1-3-13(16(17)18-4-2)15-11-7-9-12-8-5-6-10-14(12)15/h3,5-11H,4H2,1-2H3. The third kappa shape index (κ3) is 2.28. The zero-order chi connectivity index (χ0) is 13.0. The Balaban J connectivity index is 2.56. The number of benzene rings is 2. The first-order valence-corrected chi connectivity index (χ1v) is 6.09. The van der Waals surface area contributed by atoms with E-state index in [9.17, 15) is 4.79 Å². The monoisotopic (exact) mass is 240 g/mol. The minimum Gasteiger partial charge on any atom is -0.462 e. The summed E-state index contributed by atoms with van der Waals surface area (Å²) in [5, 5.41) is 2.19. The molecule has 0 saturated heterocycles. The number of esters is 1.